The maximum atomic E-state index is 14.4. The summed E-state index contributed by atoms with van der Waals surface area (Å²) in [6.45, 7) is 2.02. The maximum Gasteiger partial charge on any atom is 0.191 e. The molecule has 0 saturated heterocycles. The Balaban J connectivity index is 1.89. The second-order valence-corrected chi connectivity index (χ2v) is 7.50. The molecule has 152 valence electrons. The molecule has 3 aromatic rings. The third kappa shape index (κ3) is 4.93. The van der Waals surface area contributed by atoms with Crippen LogP contribution in [0.1, 0.15) is 12.5 Å². The van der Waals surface area contributed by atoms with Gasteiger partial charge < -0.3 is 10.3 Å². The first-order valence-corrected chi connectivity index (χ1v) is 10.2. The second-order valence-electron chi connectivity index (χ2n) is 6.55. The van der Waals surface area contributed by atoms with Crippen LogP contribution in [0.15, 0.2) is 71.0 Å². The van der Waals surface area contributed by atoms with Crippen molar-refractivity contribution >= 4 is 17.5 Å². The standard InChI is InChI=1S/C22H20FN5OS/c1-15(25)18(13-24)20(29)14-30-22-27-26-21(17-9-5-6-10-19(17)23)28(22)12-11-16-7-3-2-4-8-16/h2-10H,11-12,14,25H2,1H3/b18-15+. The predicted octanol–water partition coefficient (Wildman–Crippen LogP) is 3.74. The summed E-state index contributed by atoms with van der Waals surface area (Å²) in [6, 6.07) is 18.1. The van der Waals surface area contributed by atoms with Gasteiger partial charge >= 0.3 is 0 Å². The fourth-order valence-corrected chi connectivity index (χ4v) is 3.73. The van der Waals surface area contributed by atoms with E-state index in [2.05, 4.69) is 10.2 Å². The summed E-state index contributed by atoms with van der Waals surface area (Å²) >= 11 is 1.15. The fourth-order valence-electron chi connectivity index (χ4n) is 2.90. The number of Topliss-reactive ketones (excluding diaryl/α,β-unsaturated/α-hetero) is 1. The maximum absolute atomic E-state index is 14.4. The third-order valence-corrected chi connectivity index (χ3v) is 5.38. The third-order valence-electron chi connectivity index (χ3n) is 4.42. The Labute approximate surface area is 178 Å². The number of benzene rings is 2. The normalized spacial score (nSPS) is 11.6. The molecule has 30 heavy (non-hydrogen) atoms. The number of halogens is 1. The second kappa shape index (κ2) is 9.85. The Morgan fingerprint density at radius 2 is 1.87 bits per heavy atom. The van der Waals surface area contributed by atoms with E-state index in [1.807, 2.05) is 36.4 Å². The minimum Gasteiger partial charge on any atom is -0.401 e. The lowest BCUT2D eigenvalue weighted by molar-refractivity contribution is -0.112. The molecule has 0 saturated carbocycles. The lowest BCUT2D eigenvalue weighted by Crippen LogP contribution is -2.11. The number of ketones is 1. The van der Waals surface area contributed by atoms with Gasteiger partial charge in [0.25, 0.3) is 0 Å². The van der Waals surface area contributed by atoms with Gasteiger partial charge in [0.1, 0.15) is 17.5 Å². The number of carbonyl (C=O) groups excluding carboxylic acids is 1. The van der Waals surface area contributed by atoms with Crippen molar-refractivity contribution in [3.63, 3.8) is 0 Å². The van der Waals surface area contributed by atoms with Gasteiger partial charge in [0.2, 0.25) is 0 Å². The van der Waals surface area contributed by atoms with Gasteiger partial charge in [-0.3, -0.25) is 4.79 Å². The van der Waals surface area contributed by atoms with Gasteiger partial charge in [0.15, 0.2) is 16.8 Å². The van der Waals surface area contributed by atoms with Gasteiger partial charge in [0.05, 0.1) is 11.3 Å². The smallest absolute Gasteiger partial charge is 0.191 e. The molecule has 0 bridgehead atoms. The van der Waals surface area contributed by atoms with E-state index in [4.69, 9.17) is 11.0 Å². The van der Waals surface area contributed by atoms with E-state index in [-0.39, 0.29) is 22.8 Å². The highest BCUT2D eigenvalue weighted by Crippen LogP contribution is 2.27. The van der Waals surface area contributed by atoms with E-state index in [9.17, 15) is 9.18 Å². The van der Waals surface area contributed by atoms with E-state index in [1.54, 1.807) is 22.8 Å². The first-order chi connectivity index (χ1) is 14.5. The Hall–Kier alpha value is -3.44. The fraction of sp³-hybridized carbons (Fsp3) is 0.182. The lowest BCUT2D eigenvalue weighted by atomic mass is 10.1. The minimum absolute atomic E-state index is 0.0157. The van der Waals surface area contributed by atoms with E-state index in [0.717, 1.165) is 17.3 Å². The number of hydrogen-bond donors (Lipinski definition) is 1. The summed E-state index contributed by atoms with van der Waals surface area (Å²) in [5, 5.41) is 17.9. The van der Waals surface area contributed by atoms with Crippen molar-refractivity contribution in [1.29, 1.82) is 5.26 Å². The summed E-state index contributed by atoms with van der Waals surface area (Å²) in [5.74, 6) is -0.400. The molecule has 0 amide bonds. The van der Waals surface area contributed by atoms with Gasteiger partial charge in [-0.05, 0) is 31.0 Å². The Morgan fingerprint density at radius 1 is 1.17 bits per heavy atom. The first-order valence-electron chi connectivity index (χ1n) is 9.25. The molecule has 0 radical (unpaired) electrons. The highest BCUT2D eigenvalue weighted by molar-refractivity contribution is 7.99. The molecule has 6 nitrogen and oxygen atoms in total. The van der Waals surface area contributed by atoms with Gasteiger partial charge in [0, 0.05) is 12.2 Å². The molecule has 3 rings (SSSR count). The number of allylic oxidation sites excluding steroid dienone is 2. The summed E-state index contributed by atoms with van der Waals surface area (Å²) in [7, 11) is 0. The van der Waals surface area contributed by atoms with Crippen LogP contribution in [0.3, 0.4) is 0 Å². The topological polar surface area (TPSA) is 97.6 Å². The monoisotopic (exact) mass is 421 g/mol. The number of aryl methyl sites for hydroxylation is 1. The van der Waals surface area contributed by atoms with Crippen LogP contribution in [-0.4, -0.2) is 26.3 Å². The van der Waals surface area contributed by atoms with Crippen molar-refractivity contribution in [2.45, 2.75) is 25.0 Å². The van der Waals surface area contributed by atoms with E-state index in [0.29, 0.717) is 29.5 Å². The zero-order valence-corrected chi connectivity index (χ0v) is 17.2. The minimum atomic E-state index is -0.396. The van der Waals surface area contributed by atoms with Gasteiger partial charge in [-0.25, -0.2) is 4.39 Å². The highest BCUT2D eigenvalue weighted by Gasteiger charge is 2.19. The number of carbonyl (C=O) groups is 1. The molecule has 0 aliphatic carbocycles. The van der Waals surface area contributed by atoms with Crippen molar-refractivity contribution in [2.24, 2.45) is 5.73 Å². The zero-order valence-electron chi connectivity index (χ0n) is 16.4. The molecule has 0 atom stereocenters. The van der Waals surface area contributed by atoms with Crippen molar-refractivity contribution < 1.29 is 9.18 Å². The molecule has 0 aliphatic heterocycles. The van der Waals surface area contributed by atoms with Crippen LogP contribution in [0.5, 0.6) is 0 Å². The molecule has 8 heteroatoms. The van der Waals surface area contributed by atoms with E-state index < -0.39 is 5.82 Å². The average Bonchev–Trinajstić information content (AvgIpc) is 3.14. The molecule has 0 aliphatic rings. The molecular weight excluding hydrogens is 401 g/mol. The van der Waals surface area contributed by atoms with Gasteiger partial charge in [-0.2, -0.15) is 5.26 Å². The average molecular weight is 422 g/mol. The predicted molar refractivity (Wildman–Crippen MR) is 114 cm³/mol. The molecule has 0 unspecified atom stereocenters. The number of rotatable bonds is 8. The SMILES string of the molecule is C/C(N)=C(/C#N)C(=O)CSc1nnc(-c2ccccc2F)n1CCc1ccccc1. The van der Waals surface area contributed by atoms with Crippen LogP contribution in [0.25, 0.3) is 11.4 Å². The Bertz CT molecular complexity index is 1110. The number of thioether (sulfide) groups is 1. The molecule has 2 N–H and O–H groups in total. The molecule has 1 heterocycles. The highest BCUT2D eigenvalue weighted by atomic mass is 32.2. The van der Waals surface area contributed by atoms with Crippen molar-refractivity contribution in [3.8, 4) is 17.5 Å². The summed E-state index contributed by atoms with van der Waals surface area (Å²) < 4.78 is 16.2. The molecule has 0 spiro atoms. The zero-order chi connectivity index (χ0) is 21.5. The van der Waals surface area contributed by atoms with Crippen molar-refractivity contribution in [2.75, 3.05) is 5.75 Å². The number of nitriles is 1. The summed E-state index contributed by atoms with van der Waals surface area (Å²) in [5.41, 5.74) is 7.18. The lowest BCUT2D eigenvalue weighted by Gasteiger charge is -2.11. The van der Waals surface area contributed by atoms with Gasteiger partial charge in [-0.15, -0.1) is 10.2 Å². The van der Waals surface area contributed by atoms with Gasteiger partial charge in [-0.1, -0.05) is 54.2 Å². The van der Waals surface area contributed by atoms with Crippen LogP contribution in [0.4, 0.5) is 4.39 Å². The number of hydrogen-bond acceptors (Lipinski definition) is 6. The van der Waals surface area contributed by atoms with Crippen LogP contribution in [-0.2, 0) is 17.8 Å². The number of aromatic nitrogens is 3. The molecule has 1 aromatic heterocycles. The Morgan fingerprint density at radius 3 is 2.53 bits per heavy atom. The molecular formula is C22H20FN5OS. The molecule has 2 aromatic carbocycles. The first kappa shape index (κ1) is 21.3. The van der Waals surface area contributed by atoms with E-state index >= 15 is 0 Å². The summed E-state index contributed by atoms with van der Waals surface area (Å²) in [4.78, 5) is 12.3. The van der Waals surface area contributed by atoms with E-state index in [1.165, 1.54) is 13.0 Å². The van der Waals surface area contributed by atoms with Crippen LogP contribution in [0.2, 0.25) is 0 Å². The van der Waals surface area contributed by atoms with Crippen molar-refractivity contribution in [3.05, 3.63) is 77.2 Å². The number of nitrogens with zero attached hydrogens (tertiary/aromatic N) is 4. The van der Waals surface area contributed by atoms with Crippen molar-refractivity contribution in [1.82, 2.24) is 14.8 Å². The quantitative estimate of drug-likeness (QED) is 0.338. The Kier molecular flexibility index (Phi) is 6.99. The largest absolute Gasteiger partial charge is 0.401 e. The molecule has 0 fully saturated rings. The van der Waals surface area contributed by atoms with Crippen LogP contribution < -0.4 is 5.73 Å². The number of nitrogens with two attached hydrogens (primary N) is 1. The van der Waals surface area contributed by atoms with Crippen LogP contribution >= 0.6 is 11.8 Å². The summed E-state index contributed by atoms with van der Waals surface area (Å²) in [6.07, 6.45) is 0.688. The van der Waals surface area contributed by atoms with Crippen LogP contribution in [0, 0.1) is 17.1 Å².